The molecule has 16 heavy (non-hydrogen) atoms. The third-order valence-electron chi connectivity index (χ3n) is 1.99. The van der Waals surface area contributed by atoms with Gasteiger partial charge in [0, 0.05) is 0 Å². The minimum absolute atomic E-state index is 0.0757. The highest BCUT2D eigenvalue weighted by Gasteiger charge is 2.13. The summed E-state index contributed by atoms with van der Waals surface area (Å²) in [6.07, 6.45) is 1.91. The van der Waals surface area contributed by atoms with Crippen molar-refractivity contribution in [1.82, 2.24) is 0 Å². The van der Waals surface area contributed by atoms with Crippen molar-refractivity contribution < 1.29 is 23.7 Å². The molecule has 0 fully saturated rings. The molecule has 0 N–H and O–H groups in total. The van der Waals surface area contributed by atoms with Crippen molar-refractivity contribution in [2.45, 2.75) is 26.7 Å². The summed E-state index contributed by atoms with van der Waals surface area (Å²) in [6.45, 7) is 3.98. The molecule has 1 unspecified atom stereocenters. The Kier molecular flexibility index (Phi) is 8.75. The van der Waals surface area contributed by atoms with Gasteiger partial charge in [0.15, 0.2) is 0 Å². The minimum Gasteiger partial charge on any atom is -0.469 e. The van der Waals surface area contributed by atoms with Crippen molar-refractivity contribution in [3.8, 4) is 0 Å². The Balaban J connectivity index is 3.70. The lowest BCUT2D eigenvalue weighted by molar-refractivity contribution is -0.282. The maximum absolute atomic E-state index is 13.1. The van der Waals surface area contributed by atoms with E-state index >= 15 is 0 Å². The Labute approximate surface area is 95.3 Å². The van der Waals surface area contributed by atoms with Crippen molar-refractivity contribution in [1.29, 1.82) is 0 Å². The third kappa shape index (κ3) is 7.36. The molecule has 0 bridgehead atoms. The number of esters is 1. The average Bonchev–Trinajstić information content (AvgIpc) is 2.30. The van der Waals surface area contributed by atoms with Gasteiger partial charge in [0.05, 0.1) is 25.5 Å². The van der Waals surface area contributed by atoms with Crippen LogP contribution >= 0.6 is 0 Å². The molecule has 0 rings (SSSR count). The average molecular weight is 234 g/mol. The summed E-state index contributed by atoms with van der Waals surface area (Å²) in [7, 11) is 1.32. The second kappa shape index (κ2) is 9.30. The number of ether oxygens (including phenoxy) is 1. The van der Waals surface area contributed by atoms with Gasteiger partial charge in [-0.3, -0.25) is 4.79 Å². The van der Waals surface area contributed by atoms with E-state index in [-0.39, 0.29) is 30.7 Å². The number of hydrogen-bond acceptors (Lipinski definition) is 4. The molecular formula is C11H19FO4. The van der Waals surface area contributed by atoms with E-state index in [9.17, 15) is 9.18 Å². The molecule has 0 radical (unpaired) electrons. The largest absolute Gasteiger partial charge is 0.469 e. The SMILES string of the molecule is CCOOCC=C(F)CCC(C)C(=O)OC. The van der Waals surface area contributed by atoms with E-state index in [4.69, 9.17) is 0 Å². The Morgan fingerprint density at radius 1 is 1.44 bits per heavy atom. The van der Waals surface area contributed by atoms with Crippen LogP contribution in [0.15, 0.2) is 11.9 Å². The zero-order valence-corrected chi connectivity index (χ0v) is 9.99. The molecule has 0 heterocycles. The number of halogens is 1. The predicted molar refractivity (Wildman–Crippen MR) is 57.2 cm³/mol. The van der Waals surface area contributed by atoms with Crippen LogP contribution in [-0.4, -0.2) is 26.3 Å². The maximum Gasteiger partial charge on any atom is 0.308 e. The van der Waals surface area contributed by atoms with Crippen molar-refractivity contribution in [3.05, 3.63) is 11.9 Å². The van der Waals surface area contributed by atoms with Crippen LogP contribution in [0.4, 0.5) is 4.39 Å². The minimum atomic E-state index is -0.321. The second-order valence-corrected chi connectivity index (χ2v) is 3.30. The predicted octanol–water partition coefficient (Wildman–Crippen LogP) is 2.40. The van der Waals surface area contributed by atoms with Gasteiger partial charge in [0.1, 0.15) is 6.61 Å². The lowest BCUT2D eigenvalue weighted by atomic mass is 10.1. The molecule has 0 spiro atoms. The number of methoxy groups -OCH3 is 1. The summed E-state index contributed by atoms with van der Waals surface area (Å²) in [4.78, 5) is 20.2. The van der Waals surface area contributed by atoms with Crippen LogP contribution in [0.25, 0.3) is 0 Å². The molecule has 0 saturated carbocycles. The molecule has 0 amide bonds. The fourth-order valence-electron chi connectivity index (χ4n) is 1.03. The monoisotopic (exact) mass is 234 g/mol. The number of carbonyl (C=O) groups is 1. The van der Waals surface area contributed by atoms with E-state index in [1.807, 2.05) is 0 Å². The zero-order valence-electron chi connectivity index (χ0n) is 9.99. The van der Waals surface area contributed by atoms with E-state index in [0.29, 0.717) is 13.0 Å². The van der Waals surface area contributed by atoms with Gasteiger partial charge in [0.2, 0.25) is 0 Å². The normalized spacial score (nSPS) is 13.6. The highest BCUT2D eigenvalue weighted by molar-refractivity contribution is 5.71. The summed E-state index contributed by atoms with van der Waals surface area (Å²) in [5.41, 5.74) is 0. The van der Waals surface area contributed by atoms with Crippen molar-refractivity contribution >= 4 is 5.97 Å². The van der Waals surface area contributed by atoms with Crippen LogP contribution in [0.5, 0.6) is 0 Å². The van der Waals surface area contributed by atoms with E-state index in [1.165, 1.54) is 13.2 Å². The molecule has 4 nitrogen and oxygen atoms in total. The first-order chi connectivity index (χ1) is 7.61. The topological polar surface area (TPSA) is 44.8 Å². The fraction of sp³-hybridized carbons (Fsp3) is 0.727. The van der Waals surface area contributed by atoms with Crippen LogP contribution < -0.4 is 0 Å². The van der Waals surface area contributed by atoms with E-state index in [2.05, 4.69) is 14.5 Å². The molecule has 0 saturated heterocycles. The van der Waals surface area contributed by atoms with Crippen LogP contribution in [0.2, 0.25) is 0 Å². The molecule has 1 atom stereocenters. The smallest absolute Gasteiger partial charge is 0.308 e. The fourth-order valence-corrected chi connectivity index (χ4v) is 1.03. The quantitative estimate of drug-likeness (QED) is 0.280. The maximum atomic E-state index is 13.1. The summed E-state index contributed by atoms with van der Waals surface area (Å²) in [5.74, 6) is -0.925. The van der Waals surface area contributed by atoms with E-state index < -0.39 is 0 Å². The summed E-state index contributed by atoms with van der Waals surface area (Å²) >= 11 is 0. The van der Waals surface area contributed by atoms with Gasteiger partial charge in [-0.1, -0.05) is 6.92 Å². The van der Waals surface area contributed by atoms with Crippen LogP contribution in [-0.2, 0) is 19.3 Å². The van der Waals surface area contributed by atoms with Crippen molar-refractivity contribution in [2.24, 2.45) is 5.92 Å². The van der Waals surface area contributed by atoms with Gasteiger partial charge < -0.3 is 4.74 Å². The number of hydrogen-bond donors (Lipinski definition) is 0. The number of allylic oxidation sites excluding steroid dienone is 1. The summed E-state index contributed by atoms with van der Waals surface area (Å²) < 4.78 is 17.7. The van der Waals surface area contributed by atoms with Gasteiger partial charge in [-0.2, -0.15) is 0 Å². The third-order valence-corrected chi connectivity index (χ3v) is 1.99. The zero-order chi connectivity index (χ0) is 12.4. The van der Waals surface area contributed by atoms with E-state index in [1.54, 1.807) is 13.8 Å². The van der Waals surface area contributed by atoms with Gasteiger partial charge in [0.25, 0.3) is 0 Å². The van der Waals surface area contributed by atoms with Gasteiger partial charge in [-0.05, 0) is 25.8 Å². The van der Waals surface area contributed by atoms with Gasteiger partial charge in [-0.25, -0.2) is 14.2 Å². The number of carbonyl (C=O) groups excluding carboxylic acids is 1. The molecule has 94 valence electrons. The molecular weight excluding hydrogens is 215 g/mol. The summed E-state index contributed by atoms with van der Waals surface area (Å²) in [6, 6.07) is 0. The first-order valence-corrected chi connectivity index (χ1v) is 5.28. The Morgan fingerprint density at radius 3 is 2.69 bits per heavy atom. The molecule has 0 aromatic carbocycles. The molecule has 0 aliphatic rings. The van der Waals surface area contributed by atoms with E-state index in [0.717, 1.165) is 0 Å². The standard InChI is InChI=1S/C11H19FO4/c1-4-15-16-8-7-10(12)6-5-9(2)11(13)14-3/h7,9H,4-6,8H2,1-3H3. The van der Waals surface area contributed by atoms with Gasteiger partial charge >= 0.3 is 5.97 Å². The van der Waals surface area contributed by atoms with Crippen LogP contribution in [0.3, 0.4) is 0 Å². The van der Waals surface area contributed by atoms with Crippen molar-refractivity contribution in [3.63, 3.8) is 0 Å². The lowest BCUT2D eigenvalue weighted by Gasteiger charge is -2.07. The Bertz CT molecular complexity index is 228. The van der Waals surface area contributed by atoms with Crippen molar-refractivity contribution in [2.75, 3.05) is 20.3 Å². The number of rotatable bonds is 8. The first-order valence-electron chi connectivity index (χ1n) is 5.28. The van der Waals surface area contributed by atoms with Crippen LogP contribution in [0.1, 0.15) is 26.7 Å². The highest BCUT2D eigenvalue weighted by Crippen LogP contribution is 2.14. The Hall–Kier alpha value is -0.940. The highest BCUT2D eigenvalue weighted by atomic mass is 19.1. The van der Waals surface area contributed by atoms with Gasteiger partial charge in [-0.15, -0.1) is 0 Å². The Morgan fingerprint density at radius 2 is 2.12 bits per heavy atom. The molecule has 0 aromatic heterocycles. The first kappa shape index (κ1) is 15.1. The molecule has 0 aliphatic heterocycles. The summed E-state index contributed by atoms with van der Waals surface area (Å²) in [5, 5.41) is 0. The molecule has 0 aromatic rings. The lowest BCUT2D eigenvalue weighted by Crippen LogP contribution is -2.12. The molecule has 5 heteroatoms. The van der Waals surface area contributed by atoms with Crippen LogP contribution in [0, 0.1) is 5.92 Å². The second-order valence-electron chi connectivity index (χ2n) is 3.30. The molecule has 0 aliphatic carbocycles.